The number of nitrogens with zero attached hydrogens (tertiary/aromatic N) is 1. The van der Waals surface area contributed by atoms with Crippen LogP contribution in [0.2, 0.25) is 0 Å². The maximum Gasteiger partial charge on any atom is 0.269 e. The van der Waals surface area contributed by atoms with Crippen LogP contribution in [0.25, 0.3) is 0 Å². The average molecular weight is 209 g/mol. The fourth-order valence-electron chi connectivity index (χ4n) is 1.35. The Hall–Kier alpha value is -1.46. The maximum atomic E-state index is 10.4. The van der Waals surface area contributed by atoms with Crippen molar-refractivity contribution in [3.63, 3.8) is 0 Å². The van der Waals surface area contributed by atoms with Crippen LogP contribution in [0.5, 0.6) is 0 Å². The van der Waals surface area contributed by atoms with E-state index in [1.165, 1.54) is 12.1 Å². The smallest absolute Gasteiger partial charge is 0.269 e. The summed E-state index contributed by atoms with van der Waals surface area (Å²) in [5, 5.41) is 10.4. The Kier molecular flexibility index (Phi) is 4.20. The minimum atomic E-state index is -0.421. The molecule has 1 atom stereocenters. The molecule has 0 spiro atoms. The van der Waals surface area contributed by atoms with Gasteiger partial charge >= 0.3 is 0 Å². The molecule has 0 saturated heterocycles. The van der Waals surface area contributed by atoms with E-state index in [1.54, 1.807) is 12.1 Å². The minimum Gasteiger partial charge on any atom is -0.330 e. The monoisotopic (exact) mass is 209 g/mol. The van der Waals surface area contributed by atoms with Gasteiger partial charge < -0.3 is 11.5 Å². The van der Waals surface area contributed by atoms with Gasteiger partial charge in [-0.25, -0.2) is 0 Å². The van der Waals surface area contributed by atoms with Gasteiger partial charge in [0.15, 0.2) is 0 Å². The second-order valence-electron chi connectivity index (χ2n) is 3.39. The van der Waals surface area contributed by atoms with Crippen molar-refractivity contribution in [2.24, 2.45) is 11.5 Å². The van der Waals surface area contributed by atoms with E-state index in [-0.39, 0.29) is 11.7 Å². The molecule has 0 radical (unpaired) electrons. The molecule has 82 valence electrons. The van der Waals surface area contributed by atoms with Gasteiger partial charge in [0.2, 0.25) is 0 Å². The normalized spacial score (nSPS) is 12.4. The van der Waals surface area contributed by atoms with E-state index in [0.717, 1.165) is 18.4 Å². The SMILES string of the molecule is NCCC[C@@H](N)c1ccc([N+](=O)[O-])cc1. The quantitative estimate of drug-likeness (QED) is 0.565. The molecule has 1 rings (SSSR count). The Balaban J connectivity index is 2.66. The van der Waals surface area contributed by atoms with Crippen molar-refractivity contribution in [3.05, 3.63) is 39.9 Å². The van der Waals surface area contributed by atoms with Crippen LogP contribution in [0, 0.1) is 10.1 Å². The molecule has 0 fully saturated rings. The van der Waals surface area contributed by atoms with Crippen LogP contribution < -0.4 is 11.5 Å². The Bertz CT molecular complexity index is 324. The standard InChI is InChI=1S/C10H15N3O2/c11-7-1-2-10(12)8-3-5-9(6-4-8)13(14)15/h3-6,10H,1-2,7,11-12H2/t10-/m1/s1. The van der Waals surface area contributed by atoms with E-state index in [0.29, 0.717) is 6.54 Å². The van der Waals surface area contributed by atoms with Crippen molar-refractivity contribution in [1.29, 1.82) is 0 Å². The highest BCUT2D eigenvalue weighted by molar-refractivity contribution is 5.34. The van der Waals surface area contributed by atoms with E-state index in [9.17, 15) is 10.1 Å². The first-order chi connectivity index (χ1) is 7.15. The fourth-order valence-corrected chi connectivity index (χ4v) is 1.35. The largest absolute Gasteiger partial charge is 0.330 e. The molecule has 5 heteroatoms. The summed E-state index contributed by atoms with van der Waals surface area (Å²) in [4.78, 5) is 9.99. The third-order valence-corrected chi connectivity index (χ3v) is 2.25. The van der Waals surface area contributed by atoms with Gasteiger partial charge in [-0.1, -0.05) is 12.1 Å². The zero-order valence-electron chi connectivity index (χ0n) is 8.43. The molecule has 0 saturated carbocycles. The predicted octanol–water partition coefficient (Wildman–Crippen LogP) is 1.33. The van der Waals surface area contributed by atoms with Crippen molar-refractivity contribution in [1.82, 2.24) is 0 Å². The van der Waals surface area contributed by atoms with E-state index in [4.69, 9.17) is 11.5 Å². The topological polar surface area (TPSA) is 95.2 Å². The minimum absolute atomic E-state index is 0.0878. The number of nitro groups is 1. The van der Waals surface area contributed by atoms with Crippen LogP contribution in [-0.4, -0.2) is 11.5 Å². The zero-order valence-corrected chi connectivity index (χ0v) is 8.43. The summed E-state index contributed by atoms with van der Waals surface area (Å²) in [7, 11) is 0. The molecule has 15 heavy (non-hydrogen) atoms. The lowest BCUT2D eigenvalue weighted by atomic mass is 10.0. The predicted molar refractivity (Wildman–Crippen MR) is 58.3 cm³/mol. The first-order valence-electron chi connectivity index (χ1n) is 4.85. The van der Waals surface area contributed by atoms with Crippen molar-refractivity contribution >= 4 is 5.69 Å². The zero-order chi connectivity index (χ0) is 11.3. The van der Waals surface area contributed by atoms with Crippen LogP contribution >= 0.6 is 0 Å². The molecule has 0 unspecified atom stereocenters. The van der Waals surface area contributed by atoms with Gasteiger partial charge in [-0.2, -0.15) is 0 Å². The van der Waals surface area contributed by atoms with Gasteiger partial charge in [0, 0.05) is 18.2 Å². The summed E-state index contributed by atoms with van der Waals surface area (Å²) in [6.07, 6.45) is 1.66. The lowest BCUT2D eigenvalue weighted by Gasteiger charge is -2.10. The van der Waals surface area contributed by atoms with Crippen LogP contribution in [0.4, 0.5) is 5.69 Å². The number of nitro benzene ring substituents is 1. The molecule has 1 aromatic rings. The molecular formula is C10H15N3O2. The van der Waals surface area contributed by atoms with Gasteiger partial charge in [-0.05, 0) is 24.9 Å². The summed E-state index contributed by atoms with van der Waals surface area (Å²) in [5.41, 5.74) is 12.3. The van der Waals surface area contributed by atoms with E-state index >= 15 is 0 Å². The van der Waals surface area contributed by atoms with Crippen LogP contribution in [0.15, 0.2) is 24.3 Å². The molecule has 0 aliphatic rings. The lowest BCUT2D eigenvalue weighted by Crippen LogP contribution is -2.12. The van der Waals surface area contributed by atoms with Crippen LogP contribution in [0.3, 0.4) is 0 Å². The van der Waals surface area contributed by atoms with Gasteiger partial charge in [-0.3, -0.25) is 10.1 Å². The number of hydrogen-bond acceptors (Lipinski definition) is 4. The first-order valence-corrected chi connectivity index (χ1v) is 4.85. The Morgan fingerprint density at radius 1 is 1.33 bits per heavy atom. The highest BCUT2D eigenvalue weighted by atomic mass is 16.6. The lowest BCUT2D eigenvalue weighted by molar-refractivity contribution is -0.384. The Morgan fingerprint density at radius 3 is 2.40 bits per heavy atom. The molecule has 0 amide bonds. The summed E-state index contributed by atoms with van der Waals surface area (Å²) in [5.74, 6) is 0. The van der Waals surface area contributed by atoms with Crippen molar-refractivity contribution in [3.8, 4) is 0 Å². The van der Waals surface area contributed by atoms with Gasteiger partial charge in [0.25, 0.3) is 5.69 Å². The van der Waals surface area contributed by atoms with Gasteiger partial charge in [0.05, 0.1) is 4.92 Å². The van der Waals surface area contributed by atoms with Crippen molar-refractivity contribution in [2.75, 3.05) is 6.54 Å². The highest BCUT2D eigenvalue weighted by Gasteiger charge is 2.08. The van der Waals surface area contributed by atoms with Gasteiger partial charge in [-0.15, -0.1) is 0 Å². The van der Waals surface area contributed by atoms with E-state index < -0.39 is 4.92 Å². The summed E-state index contributed by atoms with van der Waals surface area (Å²) >= 11 is 0. The molecular weight excluding hydrogens is 194 g/mol. The Labute approximate surface area is 88.2 Å². The molecule has 0 aromatic heterocycles. The molecule has 0 aliphatic carbocycles. The van der Waals surface area contributed by atoms with Crippen LogP contribution in [-0.2, 0) is 0 Å². The molecule has 1 aromatic carbocycles. The average Bonchev–Trinajstić information content (AvgIpc) is 2.26. The number of nitrogens with two attached hydrogens (primary N) is 2. The molecule has 5 nitrogen and oxygen atoms in total. The second-order valence-corrected chi connectivity index (χ2v) is 3.39. The number of rotatable bonds is 5. The third kappa shape index (κ3) is 3.30. The van der Waals surface area contributed by atoms with Crippen molar-refractivity contribution < 1.29 is 4.92 Å². The fraction of sp³-hybridized carbons (Fsp3) is 0.400. The summed E-state index contributed by atoms with van der Waals surface area (Å²) < 4.78 is 0. The van der Waals surface area contributed by atoms with E-state index in [1.807, 2.05) is 0 Å². The van der Waals surface area contributed by atoms with Crippen LogP contribution in [0.1, 0.15) is 24.4 Å². The Morgan fingerprint density at radius 2 is 1.93 bits per heavy atom. The summed E-state index contributed by atoms with van der Waals surface area (Å²) in [6.45, 7) is 0.612. The number of benzene rings is 1. The van der Waals surface area contributed by atoms with E-state index in [2.05, 4.69) is 0 Å². The second kappa shape index (κ2) is 5.43. The third-order valence-electron chi connectivity index (χ3n) is 2.25. The number of non-ortho nitro benzene ring substituents is 1. The molecule has 0 heterocycles. The molecule has 0 aliphatic heterocycles. The first kappa shape index (κ1) is 11.6. The maximum absolute atomic E-state index is 10.4. The number of hydrogen-bond donors (Lipinski definition) is 2. The molecule has 0 bridgehead atoms. The summed E-state index contributed by atoms with van der Waals surface area (Å²) in [6, 6.07) is 6.24. The van der Waals surface area contributed by atoms with Gasteiger partial charge in [0.1, 0.15) is 0 Å². The van der Waals surface area contributed by atoms with Crippen molar-refractivity contribution in [2.45, 2.75) is 18.9 Å². The molecule has 4 N–H and O–H groups in total. The highest BCUT2D eigenvalue weighted by Crippen LogP contribution is 2.18.